The number of aryl methyl sites for hydroxylation is 1. The molecule has 2 aromatic rings. The molecule has 152 valence electrons. The number of hydrogen-bond acceptors (Lipinski definition) is 4. The van der Waals surface area contributed by atoms with E-state index in [1.165, 1.54) is 25.8 Å². The minimum Gasteiger partial charge on any atom is -0.494 e. The number of rotatable bonds is 8. The second kappa shape index (κ2) is 9.73. The number of unbranched alkanes of at least 4 members (excludes halogenated alkanes) is 1. The van der Waals surface area contributed by atoms with Gasteiger partial charge in [0.15, 0.2) is 5.69 Å². The Morgan fingerprint density at radius 1 is 1.29 bits per heavy atom. The Morgan fingerprint density at radius 2 is 2.14 bits per heavy atom. The van der Waals surface area contributed by atoms with E-state index < -0.39 is 0 Å². The van der Waals surface area contributed by atoms with Crippen molar-refractivity contribution in [3.8, 4) is 11.4 Å². The van der Waals surface area contributed by atoms with Gasteiger partial charge in [-0.25, -0.2) is 4.68 Å². The van der Waals surface area contributed by atoms with Gasteiger partial charge in [0.25, 0.3) is 5.91 Å². The lowest BCUT2D eigenvalue weighted by Gasteiger charge is -2.33. The Morgan fingerprint density at radius 3 is 2.93 bits per heavy atom. The highest BCUT2D eigenvalue weighted by Gasteiger charge is 2.17. The second-order valence-electron chi connectivity index (χ2n) is 7.66. The fourth-order valence-corrected chi connectivity index (χ4v) is 3.78. The third kappa shape index (κ3) is 5.13. The summed E-state index contributed by atoms with van der Waals surface area (Å²) in [6.45, 7) is 7.36. The van der Waals surface area contributed by atoms with Gasteiger partial charge in [-0.15, -0.1) is 0 Å². The van der Waals surface area contributed by atoms with Crippen LogP contribution in [0.25, 0.3) is 5.69 Å². The number of likely N-dealkylation sites (tertiary alicyclic amines) is 1. The summed E-state index contributed by atoms with van der Waals surface area (Å²) in [4.78, 5) is 15.0. The lowest BCUT2D eigenvalue weighted by Crippen LogP contribution is -2.38. The third-order valence-electron chi connectivity index (χ3n) is 5.50. The van der Waals surface area contributed by atoms with Gasteiger partial charge in [0.2, 0.25) is 0 Å². The molecular formula is C22H32N4O2. The molecule has 3 rings (SSSR count). The molecule has 28 heavy (non-hydrogen) atoms. The van der Waals surface area contributed by atoms with Crippen LogP contribution in [0.15, 0.2) is 30.5 Å². The molecule has 1 aromatic carbocycles. The molecule has 1 aliphatic rings. The number of carbonyl (C=O) groups excluding carboxylic acids is 1. The number of amides is 1. The molecule has 0 spiro atoms. The summed E-state index contributed by atoms with van der Waals surface area (Å²) < 4.78 is 7.10. The van der Waals surface area contributed by atoms with Crippen LogP contribution in [0.1, 0.15) is 55.1 Å². The molecule has 2 heterocycles. The van der Waals surface area contributed by atoms with Crippen molar-refractivity contribution in [2.24, 2.45) is 0 Å². The van der Waals surface area contributed by atoms with Gasteiger partial charge in [-0.1, -0.05) is 12.5 Å². The summed E-state index contributed by atoms with van der Waals surface area (Å²) in [6.07, 6.45) is 7.88. The molecule has 1 aromatic heterocycles. The lowest BCUT2D eigenvalue weighted by atomic mass is 10.0. The summed E-state index contributed by atoms with van der Waals surface area (Å²) in [5, 5.41) is 7.42. The van der Waals surface area contributed by atoms with Crippen LogP contribution in [-0.2, 0) is 0 Å². The zero-order valence-corrected chi connectivity index (χ0v) is 17.3. The molecule has 1 N–H and O–H groups in total. The van der Waals surface area contributed by atoms with Gasteiger partial charge in [0, 0.05) is 18.8 Å². The maximum absolute atomic E-state index is 12.4. The van der Waals surface area contributed by atoms with Crippen LogP contribution in [0.3, 0.4) is 0 Å². The summed E-state index contributed by atoms with van der Waals surface area (Å²) in [5.41, 5.74) is 2.37. The van der Waals surface area contributed by atoms with E-state index in [1.54, 1.807) is 24.1 Å². The second-order valence-corrected chi connectivity index (χ2v) is 7.66. The Hall–Kier alpha value is -2.34. The molecule has 1 atom stereocenters. The van der Waals surface area contributed by atoms with Crippen molar-refractivity contribution in [2.75, 3.05) is 26.7 Å². The molecule has 6 nitrogen and oxygen atoms in total. The van der Waals surface area contributed by atoms with E-state index in [1.807, 2.05) is 25.1 Å². The third-order valence-corrected chi connectivity index (χ3v) is 5.50. The minimum atomic E-state index is -0.128. The van der Waals surface area contributed by atoms with Gasteiger partial charge in [-0.2, -0.15) is 5.10 Å². The van der Waals surface area contributed by atoms with E-state index in [-0.39, 0.29) is 5.91 Å². The fraction of sp³-hybridized carbons (Fsp3) is 0.545. The molecule has 1 amide bonds. The topological polar surface area (TPSA) is 59.4 Å². The summed E-state index contributed by atoms with van der Waals surface area (Å²) in [6, 6.07) is 8.34. The summed E-state index contributed by atoms with van der Waals surface area (Å²) in [7, 11) is 1.63. The number of piperidine rings is 1. The standard InChI is InChI=1S/C22H32N4O2/c1-17-9-10-21(28-3)20(16-17)26-15-11-19(24-26)22(27)23-12-5-7-14-25-13-6-4-8-18(25)2/h9-11,15-16,18H,4-8,12-14H2,1-3H3,(H,23,27). The normalized spacial score (nSPS) is 17.5. The first kappa shape index (κ1) is 20.4. The van der Waals surface area contributed by atoms with Crippen molar-refractivity contribution in [3.05, 3.63) is 41.7 Å². The largest absolute Gasteiger partial charge is 0.494 e. The molecule has 1 saturated heterocycles. The Balaban J connectivity index is 1.47. The van der Waals surface area contributed by atoms with Crippen molar-refractivity contribution in [2.45, 2.75) is 52.0 Å². The maximum atomic E-state index is 12.4. The summed E-state index contributed by atoms with van der Waals surface area (Å²) >= 11 is 0. The highest BCUT2D eigenvalue weighted by molar-refractivity contribution is 5.92. The van der Waals surface area contributed by atoms with Crippen LogP contribution < -0.4 is 10.1 Å². The molecular weight excluding hydrogens is 352 g/mol. The first-order chi connectivity index (χ1) is 13.6. The van der Waals surface area contributed by atoms with E-state index in [9.17, 15) is 4.79 Å². The number of ether oxygens (including phenoxy) is 1. The highest BCUT2D eigenvalue weighted by Crippen LogP contribution is 2.23. The molecule has 1 unspecified atom stereocenters. The quantitative estimate of drug-likeness (QED) is 0.707. The average Bonchev–Trinajstić information content (AvgIpc) is 3.19. The van der Waals surface area contributed by atoms with Gasteiger partial charge in [0.05, 0.1) is 7.11 Å². The molecule has 0 saturated carbocycles. The van der Waals surface area contributed by atoms with Gasteiger partial charge in [0.1, 0.15) is 11.4 Å². The van der Waals surface area contributed by atoms with E-state index in [2.05, 4.69) is 22.2 Å². The Labute approximate surface area is 167 Å². The van der Waals surface area contributed by atoms with Gasteiger partial charge >= 0.3 is 0 Å². The van der Waals surface area contributed by atoms with Gasteiger partial charge in [-0.3, -0.25) is 4.79 Å². The lowest BCUT2D eigenvalue weighted by molar-refractivity contribution is 0.0946. The van der Waals surface area contributed by atoms with Crippen molar-refractivity contribution in [1.29, 1.82) is 0 Å². The van der Waals surface area contributed by atoms with Gasteiger partial charge < -0.3 is 15.0 Å². The Bertz CT molecular complexity index is 787. The molecule has 0 bridgehead atoms. The number of carbonyl (C=O) groups is 1. The minimum absolute atomic E-state index is 0.128. The van der Waals surface area contributed by atoms with Crippen LogP contribution in [0.5, 0.6) is 5.75 Å². The van der Waals surface area contributed by atoms with E-state index in [4.69, 9.17) is 4.74 Å². The van der Waals surface area contributed by atoms with Crippen LogP contribution in [0.4, 0.5) is 0 Å². The van der Waals surface area contributed by atoms with Crippen LogP contribution in [-0.4, -0.2) is 53.4 Å². The smallest absolute Gasteiger partial charge is 0.271 e. The van der Waals surface area contributed by atoms with Gasteiger partial charge in [-0.05, 0) is 76.4 Å². The molecule has 0 radical (unpaired) electrons. The van der Waals surface area contributed by atoms with E-state index >= 15 is 0 Å². The number of nitrogens with one attached hydrogen (secondary N) is 1. The first-order valence-corrected chi connectivity index (χ1v) is 10.3. The van der Waals surface area contributed by atoms with Crippen LogP contribution in [0.2, 0.25) is 0 Å². The van der Waals surface area contributed by atoms with E-state index in [0.717, 1.165) is 36.4 Å². The molecule has 1 aliphatic heterocycles. The zero-order chi connectivity index (χ0) is 19.9. The van der Waals surface area contributed by atoms with Crippen molar-refractivity contribution >= 4 is 5.91 Å². The van der Waals surface area contributed by atoms with Crippen molar-refractivity contribution in [3.63, 3.8) is 0 Å². The van der Waals surface area contributed by atoms with E-state index in [0.29, 0.717) is 18.3 Å². The number of hydrogen-bond donors (Lipinski definition) is 1. The average molecular weight is 385 g/mol. The SMILES string of the molecule is COc1ccc(C)cc1-n1ccc(C(=O)NCCCCN2CCCCC2C)n1. The number of nitrogens with zero attached hydrogens (tertiary/aromatic N) is 3. The van der Waals surface area contributed by atoms with Crippen molar-refractivity contribution in [1.82, 2.24) is 20.0 Å². The molecule has 0 aliphatic carbocycles. The fourth-order valence-electron chi connectivity index (χ4n) is 3.78. The number of aromatic nitrogens is 2. The predicted molar refractivity (Wildman–Crippen MR) is 111 cm³/mol. The first-order valence-electron chi connectivity index (χ1n) is 10.3. The number of methoxy groups -OCH3 is 1. The summed E-state index contributed by atoms with van der Waals surface area (Å²) in [5.74, 6) is 0.601. The highest BCUT2D eigenvalue weighted by atomic mass is 16.5. The zero-order valence-electron chi connectivity index (χ0n) is 17.3. The molecule has 1 fully saturated rings. The van der Waals surface area contributed by atoms with Crippen LogP contribution >= 0.6 is 0 Å². The maximum Gasteiger partial charge on any atom is 0.271 e. The monoisotopic (exact) mass is 384 g/mol. The van der Waals surface area contributed by atoms with Crippen molar-refractivity contribution < 1.29 is 9.53 Å². The molecule has 6 heteroatoms. The predicted octanol–water partition coefficient (Wildman–Crippen LogP) is 3.57. The number of benzene rings is 1. The van der Waals surface area contributed by atoms with Crippen LogP contribution in [0, 0.1) is 6.92 Å². The Kier molecular flexibility index (Phi) is 7.09.